The Balaban J connectivity index is 2.14. The minimum Gasteiger partial charge on any atom is -0.364 e. The number of anilines is 2. The Hall–Kier alpha value is -3.87. The summed E-state index contributed by atoms with van der Waals surface area (Å²) in [6, 6.07) is 2.66. The Morgan fingerprint density at radius 2 is 1.81 bits per heavy atom. The van der Waals surface area contributed by atoms with Gasteiger partial charge in [0.15, 0.2) is 0 Å². The van der Waals surface area contributed by atoms with E-state index in [1.54, 1.807) is 0 Å². The summed E-state index contributed by atoms with van der Waals surface area (Å²) in [6.07, 6.45) is -3.64. The van der Waals surface area contributed by atoms with Crippen LogP contribution in [0.5, 0.6) is 0 Å². The van der Waals surface area contributed by atoms with Gasteiger partial charge in [0.1, 0.15) is 23.4 Å². The van der Waals surface area contributed by atoms with Gasteiger partial charge >= 0.3 is 12.2 Å². The molecule has 0 aliphatic carbocycles. The molecular formula is C19H17F5N6O2. The number of carbonyl (C=O) groups excluding carboxylic acids is 2. The van der Waals surface area contributed by atoms with Crippen LogP contribution in [0.2, 0.25) is 0 Å². The van der Waals surface area contributed by atoms with E-state index in [-0.39, 0.29) is 23.9 Å². The number of rotatable bonds is 7. The summed E-state index contributed by atoms with van der Waals surface area (Å²) in [4.78, 5) is 27.0. The zero-order valence-corrected chi connectivity index (χ0v) is 16.1. The molecule has 0 heterocycles. The van der Waals surface area contributed by atoms with Crippen LogP contribution in [0.4, 0.5) is 38.1 Å². The van der Waals surface area contributed by atoms with E-state index in [4.69, 9.17) is 16.9 Å². The maximum absolute atomic E-state index is 13.9. The van der Waals surface area contributed by atoms with Gasteiger partial charge in [-0.05, 0) is 42.0 Å². The Kier molecular flexibility index (Phi) is 7.59. The number of hydrogen-bond donors (Lipinski definition) is 5. The number of hydrogen-bond acceptors (Lipinski definition) is 5. The van der Waals surface area contributed by atoms with E-state index in [2.05, 4.69) is 10.3 Å². The number of primary amides is 1. The molecular weight excluding hydrogens is 439 g/mol. The Labute approximate surface area is 178 Å². The monoisotopic (exact) mass is 456 g/mol. The van der Waals surface area contributed by atoms with Gasteiger partial charge in [0.05, 0.1) is 11.3 Å². The lowest BCUT2D eigenvalue weighted by atomic mass is 10.1. The smallest absolute Gasteiger partial charge is 0.364 e. The number of amides is 3. The van der Waals surface area contributed by atoms with Crippen molar-refractivity contribution in [2.75, 3.05) is 17.2 Å². The topological polar surface area (TPSA) is 146 Å². The average molecular weight is 456 g/mol. The highest BCUT2D eigenvalue weighted by Gasteiger charge is 2.31. The molecule has 13 heteroatoms. The molecule has 7 N–H and O–H groups in total. The first kappa shape index (κ1) is 24.4. The van der Waals surface area contributed by atoms with E-state index in [1.165, 1.54) is 6.07 Å². The summed E-state index contributed by atoms with van der Waals surface area (Å²) in [5.74, 6) is -3.13. The third-order valence-corrected chi connectivity index (χ3v) is 3.95. The number of nitrogens with one attached hydrogen (secondary N) is 3. The summed E-state index contributed by atoms with van der Waals surface area (Å²) >= 11 is 0. The van der Waals surface area contributed by atoms with Crippen LogP contribution in [-0.2, 0) is 11.0 Å². The van der Waals surface area contributed by atoms with Gasteiger partial charge in [0.2, 0.25) is 0 Å². The van der Waals surface area contributed by atoms with Gasteiger partial charge in [-0.25, -0.2) is 13.6 Å². The van der Waals surface area contributed by atoms with Crippen molar-refractivity contribution in [1.82, 2.24) is 0 Å². The predicted octanol–water partition coefficient (Wildman–Crippen LogP) is 2.88. The minimum atomic E-state index is -4.75. The molecule has 0 radical (unpaired) electrons. The molecule has 0 saturated heterocycles. The fourth-order valence-electron chi connectivity index (χ4n) is 2.43. The van der Waals surface area contributed by atoms with Gasteiger partial charge in [0, 0.05) is 18.4 Å². The van der Waals surface area contributed by atoms with Crippen molar-refractivity contribution < 1.29 is 31.5 Å². The van der Waals surface area contributed by atoms with Crippen molar-refractivity contribution in [2.45, 2.75) is 12.2 Å². The van der Waals surface area contributed by atoms with Gasteiger partial charge in [-0.1, -0.05) is 0 Å². The molecule has 0 aliphatic rings. The van der Waals surface area contributed by atoms with Crippen LogP contribution in [0.25, 0.3) is 0 Å². The molecule has 1 atom stereocenters. The molecule has 2 aromatic rings. The molecule has 0 saturated carbocycles. The first-order valence-electron chi connectivity index (χ1n) is 8.77. The molecule has 0 bridgehead atoms. The average Bonchev–Trinajstić information content (AvgIpc) is 2.68. The Morgan fingerprint density at radius 3 is 2.38 bits per heavy atom. The Morgan fingerprint density at radius 1 is 1.12 bits per heavy atom. The van der Waals surface area contributed by atoms with Gasteiger partial charge < -0.3 is 22.1 Å². The number of urea groups is 1. The van der Waals surface area contributed by atoms with Crippen LogP contribution in [0.15, 0.2) is 41.4 Å². The quantitative estimate of drug-likeness (QED) is 0.322. The SMILES string of the molecule is N=C(C(N)=O)C(CN)N=Cc1cc(F)cc(NC(=O)Nc2ccc(C(F)(F)F)cc2F)c1. The number of halogens is 5. The summed E-state index contributed by atoms with van der Waals surface area (Å²) in [5, 5.41) is 11.7. The maximum atomic E-state index is 13.9. The van der Waals surface area contributed by atoms with E-state index in [0.717, 1.165) is 24.4 Å². The van der Waals surface area contributed by atoms with Crippen molar-refractivity contribution >= 4 is 35.2 Å². The van der Waals surface area contributed by atoms with E-state index < -0.39 is 52.8 Å². The number of aliphatic imine (C=N–C) groups is 1. The highest BCUT2D eigenvalue weighted by molar-refractivity contribution is 6.39. The second kappa shape index (κ2) is 9.96. The van der Waals surface area contributed by atoms with Crippen molar-refractivity contribution in [3.05, 3.63) is 59.2 Å². The maximum Gasteiger partial charge on any atom is 0.416 e. The zero-order chi connectivity index (χ0) is 24.1. The second-order valence-electron chi connectivity index (χ2n) is 6.35. The zero-order valence-electron chi connectivity index (χ0n) is 16.1. The standard InChI is InChI=1S/C19H17F5N6O2/c20-11-3-9(8-28-15(7-25)16(26)17(27)31)4-12(6-11)29-18(32)30-14-2-1-10(5-13(14)21)19(22,23)24/h1-6,8,15,26H,7,25H2,(H2,27,31)(H2,29,30,32). The predicted molar refractivity (Wildman–Crippen MR) is 108 cm³/mol. The molecule has 2 aromatic carbocycles. The van der Waals surface area contributed by atoms with E-state index >= 15 is 0 Å². The fourth-order valence-corrected chi connectivity index (χ4v) is 2.43. The lowest BCUT2D eigenvalue weighted by Gasteiger charge is -2.12. The summed E-state index contributed by atoms with van der Waals surface area (Å²) in [7, 11) is 0. The lowest BCUT2D eigenvalue weighted by molar-refractivity contribution is -0.137. The first-order chi connectivity index (χ1) is 14.9. The van der Waals surface area contributed by atoms with E-state index in [1.807, 2.05) is 5.32 Å². The number of carbonyl (C=O) groups is 2. The molecule has 32 heavy (non-hydrogen) atoms. The normalized spacial score (nSPS) is 12.4. The van der Waals surface area contributed by atoms with Gasteiger partial charge in [-0.2, -0.15) is 13.2 Å². The largest absolute Gasteiger partial charge is 0.416 e. The number of nitrogens with zero attached hydrogens (tertiary/aromatic N) is 1. The number of alkyl halides is 3. The molecule has 0 fully saturated rings. The third-order valence-electron chi connectivity index (χ3n) is 3.95. The van der Waals surface area contributed by atoms with Crippen molar-refractivity contribution in [1.29, 1.82) is 5.41 Å². The number of nitrogens with two attached hydrogens (primary N) is 2. The number of benzene rings is 2. The molecule has 2 rings (SSSR count). The lowest BCUT2D eigenvalue weighted by Crippen LogP contribution is -2.37. The van der Waals surface area contributed by atoms with E-state index in [0.29, 0.717) is 6.07 Å². The minimum absolute atomic E-state index is 0.0921. The van der Waals surface area contributed by atoms with Crippen LogP contribution in [0.1, 0.15) is 11.1 Å². The van der Waals surface area contributed by atoms with Crippen LogP contribution in [0, 0.1) is 17.0 Å². The van der Waals surface area contributed by atoms with Crippen LogP contribution in [0.3, 0.4) is 0 Å². The van der Waals surface area contributed by atoms with Crippen LogP contribution in [-0.4, -0.2) is 36.5 Å². The first-order valence-corrected chi connectivity index (χ1v) is 8.77. The molecule has 1 unspecified atom stereocenters. The highest BCUT2D eigenvalue weighted by Crippen LogP contribution is 2.31. The molecule has 170 valence electrons. The molecule has 0 aromatic heterocycles. The molecule has 3 amide bonds. The third kappa shape index (κ3) is 6.57. The second-order valence-corrected chi connectivity index (χ2v) is 6.35. The van der Waals surface area contributed by atoms with Crippen molar-refractivity contribution in [2.24, 2.45) is 16.5 Å². The highest BCUT2D eigenvalue weighted by atomic mass is 19.4. The van der Waals surface area contributed by atoms with Gasteiger partial charge in [0.25, 0.3) is 5.91 Å². The molecule has 0 spiro atoms. The summed E-state index contributed by atoms with van der Waals surface area (Å²) in [6.45, 7) is -0.209. The van der Waals surface area contributed by atoms with Crippen molar-refractivity contribution in [3.8, 4) is 0 Å². The van der Waals surface area contributed by atoms with E-state index in [9.17, 15) is 31.5 Å². The van der Waals surface area contributed by atoms with Gasteiger partial charge in [-0.15, -0.1) is 0 Å². The Bertz CT molecular complexity index is 1070. The molecule has 0 aliphatic heterocycles. The fraction of sp³-hybridized carbons (Fsp3) is 0.158. The van der Waals surface area contributed by atoms with Crippen LogP contribution >= 0.6 is 0 Å². The molecule has 8 nitrogen and oxygen atoms in total. The van der Waals surface area contributed by atoms with Crippen LogP contribution < -0.4 is 22.1 Å². The summed E-state index contributed by atoms with van der Waals surface area (Å²) < 4.78 is 65.5. The van der Waals surface area contributed by atoms with Crippen molar-refractivity contribution in [3.63, 3.8) is 0 Å². The van der Waals surface area contributed by atoms with Gasteiger partial charge in [-0.3, -0.25) is 15.2 Å². The summed E-state index contributed by atoms with van der Waals surface area (Å²) in [5.41, 5.74) is 8.16.